The first kappa shape index (κ1) is 27.4. The highest BCUT2D eigenvalue weighted by molar-refractivity contribution is 6.37. The van der Waals surface area contributed by atoms with Crippen LogP contribution in [0.4, 0.5) is 0 Å². The van der Waals surface area contributed by atoms with Crippen molar-refractivity contribution >= 4 is 33.3 Å². The number of aliphatic hydroxyl groups is 3. The maximum absolute atomic E-state index is 13.7. The fraction of sp³-hybridized carbons (Fsp3) is 0.379. The van der Waals surface area contributed by atoms with Crippen molar-refractivity contribution in [3.8, 4) is 34.1 Å². The molecule has 2 aliphatic rings. The lowest BCUT2D eigenvalue weighted by Gasteiger charge is -2.30. The number of hydrogen-bond donors (Lipinski definition) is 6. The Bertz CT molecular complexity index is 1930. The molecule has 0 unspecified atom stereocenters. The van der Waals surface area contributed by atoms with Gasteiger partial charge in [0.25, 0.3) is 5.56 Å². The van der Waals surface area contributed by atoms with E-state index < -0.39 is 51.7 Å². The van der Waals surface area contributed by atoms with Crippen molar-refractivity contribution in [3.63, 3.8) is 0 Å². The normalized spacial score (nSPS) is 19.7. The van der Waals surface area contributed by atoms with E-state index in [0.717, 1.165) is 0 Å². The first-order valence-corrected chi connectivity index (χ1v) is 13.6. The van der Waals surface area contributed by atoms with Gasteiger partial charge in [-0.15, -0.1) is 0 Å². The second-order valence-corrected chi connectivity index (χ2v) is 11.0. The molecule has 11 nitrogen and oxygen atoms in total. The van der Waals surface area contributed by atoms with Gasteiger partial charge in [-0.05, 0) is 19.3 Å². The molecule has 2 heterocycles. The number of benzene rings is 2. The van der Waals surface area contributed by atoms with Crippen LogP contribution in [0, 0.1) is 0 Å². The SMILES string of the molecule is CCCc1c(Cl)c2c(O)c3c(c(O)c2c(=O)n1C)-c1c(c(OC)c(O)c2c(=O)c4c(oc12)[C@@H](O)C[C@H](O)[C@@H]4O)CC3. The number of aliphatic hydroxyl groups excluding tert-OH is 3. The molecule has 0 aliphatic heterocycles. The Morgan fingerprint density at radius 2 is 1.66 bits per heavy atom. The molecule has 0 radical (unpaired) electrons. The molecular formula is C29H28ClNO10. The monoisotopic (exact) mass is 585 g/mol. The van der Waals surface area contributed by atoms with Crippen LogP contribution in [0.25, 0.3) is 32.9 Å². The third-order valence-electron chi connectivity index (χ3n) is 8.37. The van der Waals surface area contributed by atoms with E-state index in [2.05, 4.69) is 0 Å². The highest BCUT2D eigenvalue weighted by atomic mass is 35.5. The van der Waals surface area contributed by atoms with E-state index in [1.54, 1.807) is 0 Å². The summed E-state index contributed by atoms with van der Waals surface area (Å²) in [6.07, 6.45) is -3.45. The van der Waals surface area contributed by atoms with Gasteiger partial charge in [-0.1, -0.05) is 24.9 Å². The van der Waals surface area contributed by atoms with Crippen LogP contribution in [0.5, 0.6) is 23.0 Å². The van der Waals surface area contributed by atoms with Crippen LogP contribution in [0.1, 0.15) is 60.1 Å². The minimum atomic E-state index is -1.69. The molecule has 0 fully saturated rings. The number of phenolic OH excluding ortho intramolecular Hbond substituents is 3. The number of halogens is 1. The Kier molecular flexibility index (Phi) is 6.27. The fourth-order valence-corrected chi connectivity index (χ4v) is 6.83. The Hall–Kier alpha value is -3.77. The van der Waals surface area contributed by atoms with Gasteiger partial charge in [0.2, 0.25) is 5.43 Å². The molecule has 216 valence electrons. The quantitative estimate of drug-likeness (QED) is 0.195. The molecule has 6 N–H and O–H groups in total. The van der Waals surface area contributed by atoms with Gasteiger partial charge in [0.1, 0.15) is 34.9 Å². The van der Waals surface area contributed by atoms with E-state index in [1.807, 2.05) is 6.92 Å². The molecule has 0 saturated heterocycles. The van der Waals surface area contributed by atoms with Gasteiger partial charge in [0.05, 0.1) is 34.6 Å². The molecular weight excluding hydrogens is 558 g/mol. The van der Waals surface area contributed by atoms with Gasteiger partial charge < -0.3 is 44.4 Å². The van der Waals surface area contributed by atoms with Crippen LogP contribution in [-0.2, 0) is 26.3 Å². The van der Waals surface area contributed by atoms with Crippen LogP contribution in [0.15, 0.2) is 14.0 Å². The third-order valence-corrected chi connectivity index (χ3v) is 8.78. The molecule has 0 bridgehead atoms. The van der Waals surface area contributed by atoms with Crippen molar-refractivity contribution in [1.29, 1.82) is 0 Å². The predicted molar refractivity (Wildman–Crippen MR) is 149 cm³/mol. The van der Waals surface area contributed by atoms with Crippen molar-refractivity contribution < 1.29 is 39.8 Å². The molecule has 41 heavy (non-hydrogen) atoms. The number of ether oxygens (including phenoxy) is 1. The van der Waals surface area contributed by atoms with E-state index in [4.69, 9.17) is 20.8 Å². The van der Waals surface area contributed by atoms with Crippen molar-refractivity contribution in [2.75, 3.05) is 7.11 Å². The number of hydrogen-bond acceptors (Lipinski definition) is 10. The molecule has 12 heteroatoms. The summed E-state index contributed by atoms with van der Waals surface area (Å²) in [5, 5.41) is 65.4. The summed E-state index contributed by atoms with van der Waals surface area (Å²) in [6, 6.07) is 0. The average molecular weight is 586 g/mol. The van der Waals surface area contributed by atoms with Gasteiger partial charge >= 0.3 is 0 Å². The summed E-state index contributed by atoms with van der Waals surface area (Å²) in [5.41, 5.74) is -1.02. The minimum Gasteiger partial charge on any atom is -0.507 e. The smallest absolute Gasteiger partial charge is 0.262 e. The molecule has 0 amide bonds. The molecule has 2 aromatic carbocycles. The Balaban J connectivity index is 1.83. The van der Waals surface area contributed by atoms with Crippen molar-refractivity contribution in [1.82, 2.24) is 4.57 Å². The second kappa shape index (κ2) is 9.38. The maximum Gasteiger partial charge on any atom is 0.262 e. The number of methoxy groups -OCH3 is 1. The van der Waals surface area contributed by atoms with Crippen molar-refractivity contribution in [3.05, 3.63) is 53.7 Å². The van der Waals surface area contributed by atoms with Crippen LogP contribution in [-0.4, -0.2) is 48.4 Å². The zero-order valence-corrected chi connectivity index (χ0v) is 23.2. The summed E-state index contributed by atoms with van der Waals surface area (Å²) in [5.74, 6) is -1.80. The number of fused-ring (bicyclic) bond motifs is 7. The molecule has 2 aromatic heterocycles. The first-order valence-electron chi connectivity index (χ1n) is 13.2. The zero-order valence-electron chi connectivity index (χ0n) is 22.4. The standard InChI is InChI=1S/C29H28ClNO10/c1-4-5-11-20(30)16-17(29(39)31(11)2)23(36)14-9(21(16)34)6-7-10-15(14)28-19(25(38)26(10)40-3)24(37)18-22(35)12(32)8-13(33)27(18)41-28/h12-13,22,32-36,38H,4-8H2,1-3H3/t12-,13-,22-/m0/s1. The van der Waals surface area contributed by atoms with E-state index in [0.29, 0.717) is 24.1 Å². The number of rotatable bonds is 3. The second-order valence-electron chi connectivity index (χ2n) is 10.6. The molecule has 4 aromatic rings. The molecule has 6 rings (SSSR count). The Morgan fingerprint density at radius 1 is 0.976 bits per heavy atom. The molecule has 0 saturated carbocycles. The lowest BCUT2D eigenvalue weighted by Crippen LogP contribution is -2.33. The summed E-state index contributed by atoms with van der Waals surface area (Å²) in [4.78, 5) is 27.3. The number of phenols is 3. The van der Waals surface area contributed by atoms with Gasteiger partial charge in [0, 0.05) is 41.4 Å². The first-order chi connectivity index (χ1) is 19.5. The van der Waals surface area contributed by atoms with Crippen LogP contribution < -0.4 is 15.7 Å². The summed E-state index contributed by atoms with van der Waals surface area (Å²) >= 11 is 6.71. The van der Waals surface area contributed by atoms with Gasteiger partial charge in [-0.2, -0.15) is 0 Å². The van der Waals surface area contributed by atoms with Gasteiger partial charge in [-0.3, -0.25) is 9.59 Å². The largest absolute Gasteiger partial charge is 0.507 e. The number of aromatic hydroxyl groups is 3. The van der Waals surface area contributed by atoms with Crippen molar-refractivity contribution in [2.45, 2.75) is 57.3 Å². The molecule has 3 atom stereocenters. The number of nitrogens with zero attached hydrogens (tertiary/aromatic N) is 1. The van der Waals surface area contributed by atoms with Crippen molar-refractivity contribution in [2.24, 2.45) is 7.05 Å². The van der Waals surface area contributed by atoms with E-state index in [1.165, 1.54) is 18.7 Å². The Morgan fingerprint density at radius 3 is 2.32 bits per heavy atom. The predicted octanol–water partition coefficient (Wildman–Crippen LogP) is 2.97. The van der Waals surface area contributed by atoms with Crippen LogP contribution in [0.3, 0.4) is 0 Å². The van der Waals surface area contributed by atoms with Gasteiger partial charge in [0.15, 0.2) is 17.1 Å². The summed E-state index contributed by atoms with van der Waals surface area (Å²) in [6.45, 7) is 1.92. The third kappa shape index (κ3) is 3.49. The Labute approximate surface area is 237 Å². The fourth-order valence-electron chi connectivity index (χ4n) is 6.43. The lowest BCUT2D eigenvalue weighted by atomic mass is 9.80. The highest BCUT2D eigenvalue weighted by Gasteiger charge is 2.40. The minimum absolute atomic E-state index is 0.00931. The summed E-state index contributed by atoms with van der Waals surface area (Å²) < 4.78 is 12.8. The summed E-state index contributed by atoms with van der Waals surface area (Å²) in [7, 11) is 2.80. The van der Waals surface area contributed by atoms with Gasteiger partial charge in [-0.25, -0.2) is 0 Å². The zero-order chi connectivity index (χ0) is 29.7. The average Bonchev–Trinajstić information content (AvgIpc) is 2.94. The van der Waals surface area contributed by atoms with E-state index in [9.17, 15) is 40.2 Å². The lowest BCUT2D eigenvalue weighted by molar-refractivity contribution is -0.0373. The van der Waals surface area contributed by atoms with Crippen LogP contribution >= 0.6 is 11.6 Å². The highest BCUT2D eigenvalue weighted by Crippen LogP contribution is 2.55. The number of pyridine rings is 1. The van der Waals surface area contributed by atoms with E-state index in [-0.39, 0.29) is 74.6 Å². The topological polar surface area (TPSA) is 183 Å². The molecule has 2 aliphatic carbocycles. The maximum atomic E-state index is 13.7. The van der Waals surface area contributed by atoms with E-state index >= 15 is 0 Å². The van der Waals surface area contributed by atoms with Crippen LogP contribution in [0.2, 0.25) is 5.02 Å². The molecule has 0 spiro atoms. The number of aromatic nitrogens is 1.